The van der Waals surface area contributed by atoms with Crippen LogP contribution in [0.15, 0.2) is 97.6 Å². The van der Waals surface area contributed by atoms with Crippen molar-refractivity contribution >= 4 is 17.5 Å². The summed E-state index contributed by atoms with van der Waals surface area (Å²) in [5.41, 5.74) is 4.58. The van der Waals surface area contributed by atoms with Gasteiger partial charge in [-0.2, -0.15) is 0 Å². The average molecular weight is 535 g/mol. The highest BCUT2D eigenvalue weighted by molar-refractivity contribution is 5.73. The van der Waals surface area contributed by atoms with Crippen molar-refractivity contribution in [2.45, 2.75) is 44.4 Å². The Morgan fingerprint density at radius 3 is 2.35 bits per heavy atom. The molecule has 0 aliphatic carbocycles. The number of aromatic nitrogens is 2. The second kappa shape index (κ2) is 9.90. The minimum absolute atomic E-state index is 0.0668. The lowest BCUT2D eigenvalue weighted by Crippen LogP contribution is -2.59. The van der Waals surface area contributed by atoms with E-state index in [-0.39, 0.29) is 16.0 Å². The molecule has 1 unspecified atom stereocenters. The van der Waals surface area contributed by atoms with Crippen LogP contribution < -0.4 is 18.8 Å². The van der Waals surface area contributed by atoms with Gasteiger partial charge in [0.2, 0.25) is 5.72 Å². The van der Waals surface area contributed by atoms with Gasteiger partial charge < -0.3 is 9.64 Å². The minimum atomic E-state index is -0.721. The maximum atomic E-state index is 11.3. The Morgan fingerprint density at radius 1 is 0.925 bits per heavy atom. The normalized spacial score (nSPS) is 18.3. The van der Waals surface area contributed by atoms with Gasteiger partial charge in [0.1, 0.15) is 19.3 Å². The number of pyridine rings is 2. The summed E-state index contributed by atoms with van der Waals surface area (Å²) >= 11 is 0. The highest BCUT2D eigenvalue weighted by Gasteiger charge is 2.58. The van der Waals surface area contributed by atoms with Crippen molar-refractivity contribution in [1.29, 1.82) is 0 Å². The molecule has 2 aliphatic rings. The van der Waals surface area contributed by atoms with Crippen molar-refractivity contribution in [3.05, 3.63) is 119 Å². The Bertz CT molecular complexity index is 1600. The zero-order valence-corrected chi connectivity index (χ0v) is 23.2. The summed E-state index contributed by atoms with van der Waals surface area (Å²) < 4.78 is 11.1. The molecule has 0 N–H and O–H groups in total. The number of unbranched alkanes of at least 4 members (excludes halogenated alkanes) is 1. The van der Waals surface area contributed by atoms with Gasteiger partial charge in [0, 0.05) is 60.6 Å². The van der Waals surface area contributed by atoms with Crippen molar-refractivity contribution in [2.24, 2.45) is 7.05 Å². The van der Waals surface area contributed by atoms with Gasteiger partial charge in [-0.25, -0.2) is 9.13 Å². The molecule has 2 aromatic heterocycles. The number of fused-ring (bicyclic) bond motifs is 2. The summed E-state index contributed by atoms with van der Waals surface area (Å²) in [4.78, 5) is 13.3. The summed E-state index contributed by atoms with van der Waals surface area (Å²) in [6, 6.07) is 22.0. The molecule has 40 heavy (non-hydrogen) atoms. The van der Waals surface area contributed by atoms with Crippen LogP contribution in [0.25, 0.3) is 17.2 Å². The molecule has 0 saturated carbocycles. The number of ether oxygens (including phenoxy) is 1. The van der Waals surface area contributed by atoms with Gasteiger partial charge in [-0.3, -0.25) is 10.1 Å². The van der Waals surface area contributed by atoms with E-state index in [1.165, 1.54) is 28.4 Å². The minimum Gasteiger partial charge on any atom is -0.463 e. The first kappa shape index (κ1) is 25.7. The Hall–Kier alpha value is -4.52. The molecule has 7 nitrogen and oxygen atoms in total. The molecule has 0 radical (unpaired) electrons. The van der Waals surface area contributed by atoms with Crippen LogP contribution in [0.1, 0.15) is 37.8 Å². The molecule has 4 aromatic rings. The first-order valence-electron chi connectivity index (χ1n) is 13.8. The monoisotopic (exact) mass is 534 g/mol. The Morgan fingerprint density at radius 2 is 1.62 bits per heavy atom. The fourth-order valence-corrected chi connectivity index (χ4v) is 6.05. The number of non-ortho nitro benzene ring substituents is 1. The molecular weight excluding hydrogens is 500 g/mol. The third-order valence-electron chi connectivity index (χ3n) is 8.37. The lowest BCUT2D eigenvalue weighted by atomic mass is 9.76. The zero-order valence-electron chi connectivity index (χ0n) is 23.2. The van der Waals surface area contributed by atoms with Crippen LogP contribution in [0.5, 0.6) is 5.75 Å². The molecule has 0 fully saturated rings. The highest BCUT2D eigenvalue weighted by Crippen LogP contribution is 2.55. The second-order valence-electron chi connectivity index (χ2n) is 11.2. The Kier molecular flexibility index (Phi) is 6.37. The van der Waals surface area contributed by atoms with Crippen LogP contribution in [0.3, 0.4) is 0 Å². The van der Waals surface area contributed by atoms with E-state index in [0.29, 0.717) is 5.75 Å². The Labute approximate surface area is 234 Å². The maximum absolute atomic E-state index is 11.3. The molecule has 0 amide bonds. The van der Waals surface area contributed by atoms with Gasteiger partial charge in [-0.15, -0.1) is 0 Å². The predicted octanol–water partition coefficient (Wildman–Crippen LogP) is 5.75. The van der Waals surface area contributed by atoms with E-state index in [2.05, 4.69) is 103 Å². The molecule has 2 aromatic carbocycles. The highest BCUT2D eigenvalue weighted by atomic mass is 16.6. The molecule has 7 heteroatoms. The molecule has 1 atom stereocenters. The topological polar surface area (TPSA) is 63.4 Å². The second-order valence-corrected chi connectivity index (χ2v) is 11.2. The van der Waals surface area contributed by atoms with Crippen LogP contribution in [-0.2, 0) is 19.0 Å². The summed E-state index contributed by atoms with van der Waals surface area (Å²) in [5, 5.41) is 11.3. The standard InChI is InChI=1S/C33H34N4O3/c1-32(2)29-8-4-5-9-30(29)36(33(32)17-12-27-24-28(37(38)39)10-11-31(27)40-33)19-7-6-18-35-22-15-26(16-23-35)25-13-20-34(3)21-14-25/h4-5,8-17,20-24H,6-7,18-19H2,1-3H3/q+2. The van der Waals surface area contributed by atoms with E-state index in [0.717, 1.165) is 31.5 Å². The molecule has 2 aliphatic heterocycles. The van der Waals surface area contributed by atoms with Crippen molar-refractivity contribution in [3.63, 3.8) is 0 Å². The number of nitro groups is 1. The van der Waals surface area contributed by atoms with Crippen LogP contribution in [0, 0.1) is 10.1 Å². The summed E-state index contributed by atoms with van der Waals surface area (Å²) in [6.07, 6.45) is 14.5. The van der Waals surface area contributed by atoms with Crippen molar-refractivity contribution in [2.75, 3.05) is 11.4 Å². The smallest absolute Gasteiger partial charge is 0.270 e. The summed E-state index contributed by atoms with van der Waals surface area (Å²) in [7, 11) is 2.02. The van der Waals surface area contributed by atoms with E-state index >= 15 is 0 Å². The van der Waals surface area contributed by atoms with E-state index in [1.54, 1.807) is 12.1 Å². The lowest BCUT2D eigenvalue weighted by Gasteiger charge is -2.47. The number of rotatable bonds is 7. The number of para-hydroxylation sites is 1. The van der Waals surface area contributed by atoms with E-state index in [9.17, 15) is 10.1 Å². The molecule has 0 saturated heterocycles. The lowest BCUT2D eigenvalue weighted by molar-refractivity contribution is -0.697. The fourth-order valence-electron chi connectivity index (χ4n) is 6.05. The van der Waals surface area contributed by atoms with Gasteiger partial charge in [0.05, 0.1) is 10.3 Å². The number of hydrogen-bond acceptors (Lipinski definition) is 4. The summed E-state index contributed by atoms with van der Waals surface area (Å²) in [6.45, 7) is 6.19. The molecule has 0 bridgehead atoms. The van der Waals surface area contributed by atoms with Crippen molar-refractivity contribution in [3.8, 4) is 16.9 Å². The first-order valence-corrected chi connectivity index (χ1v) is 13.8. The maximum Gasteiger partial charge on any atom is 0.270 e. The predicted molar refractivity (Wildman–Crippen MR) is 155 cm³/mol. The largest absolute Gasteiger partial charge is 0.463 e. The van der Waals surface area contributed by atoms with E-state index in [4.69, 9.17) is 4.74 Å². The van der Waals surface area contributed by atoms with Crippen LogP contribution >= 0.6 is 0 Å². The molecular formula is C33H34N4O3+2. The number of aryl methyl sites for hydroxylation is 2. The van der Waals surface area contributed by atoms with Gasteiger partial charge in [-0.05, 0) is 61.2 Å². The number of nitrogens with zero attached hydrogens (tertiary/aromatic N) is 4. The summed E-state index contributed by atoms with van der Waals surface area (Å²) in [5.74, 6) is 0.668. The van der Waals surface area contributed by atoms with E-state index < -0.39 is 5.72 Å². The van der Waals surface area contributed by atoms with Gasteiger partial charge in [-0.1, -0.05) is 18.2 Å². The first-order chi connectivity index (χ1) is 19.3. The third-order valence-corrected chi connectivity index (χ3v) is 8.37. The Balaban J connectivity index is 1.19. The zero-order chi connectivity index (χ0) is 27.9. The average Bonchev–Trinajstić information content (AvgIpc) is 3.14. The fraction of sp³-hybridized carbons (Fsp3) is 0.273. The third kappa shape index (κ3) is 4.31. The van der Waals surface area contributed by atoms with Crippen LogP contribution in [0.2, 0.25) is 0 Å². The molecule has 6 rings (SSSR count). The van der Waals surface area contributed by atoms with Crippen molar-refractivity contribution < 1.29 is 18.8 Å². The van der Waals surface area contributed by atoms with Gasteiger partial charge >= 0.3 is 0 Å². The van der Waals surface area contributed by atoms with E-state index in [1.807, 2.05) is 17.7 Å². The van der Waals surface area contributed by atoms with Crippen molar-refractivity contribution in [1.82, 2.24) is 0 Å². The number of anilines is 1. The van der Waals surface area contributed by atoms with Crippen LogP contribution in [-0.4, -0.2) is 17.2 Å². The molecule has 202 valence electrons. The molecule has 4 heterocycles. The van der Waals surface area contributed by atoms with Gasteiger partial charge in [0.25, 0.3) is 5.69 Å². The quantitative estimate of drug-likeness (QED) is 0.131. The van der Waals surface area contributed by atoms with Gasteiger partial charge in [0.15, 0.2) is 24.8 Å². The van der Waals surface area contributed by atoms with Crippen LogP contribution in [0.4, 0.5) is 11.4 Å². The molecule has 1 spiro atoms. The number of benzene rings is 2. The SMILES string of the molecule is C[n+]1ccc(-c2cc[n+](CCCCN3c4ccccc4C(C)(C)C34C=Cc3cc([N+](=O)[O-])ccc3O4)cc2)cc1. The number of nitro benzene ring substituents is 1. The number of hydrogen-bond donors (Lipinski definition) is 0.